The zero-order chi connectivity index (χ0) is 14.4. The van der Waals surface area contributed by atoms with Crippen LogP contribution in [0.1, 0.15) is 76.6 Å². The molecule has 6 unspecified atom stereocenters. The average Bonchev–Trinajstić information content (AvgIpc) is 3.22. The lowest BCUT2D eigenvalue weighted by molar-refractivity contribution is 0.231. The van der Waals surface area contributed by atoms with Gasteiger partial charge in [-0.15, -0.1) is 0 Å². The Morgan fingerprint density at radius 1 is 1.24 bits per heavy atom. The number of nitrogens with one attached hydrogen (secondary N) is 1. The molecular weight excluding hydrogens is 258 g/mol. The van der Waals surface area contributed by atoms with Gasteiger partial charge in [-0.2, -0.15) is 0 Å². The molecule has 0 aromatic carbocycles. The van der Waals surface area contributed by atoms with Gasteiger partial charge in [0.25, 0.3) is 0 Å². The lowest BCUT2D eigenvalue weighted by atomic mass is 9.83. The maximum atomic E-state index is 4.50. The summed E-state index contributed by atoms with van der Waals surface area (Å²) in [5, 5.41) is 3.78. The van der Waals surface area contributed by atoms with Crippen molar-refractivity contribution in [2.24, 2.45) is 17.8 Å². The molecule has 1 N–H and O–H groups in total. The number of nitrogens with zero attached hydrogens (tertiary/aromatic N) is 2. The first-order chi connectivity index (χ1) is 10.2. The Kier molecular flexibility index (Phi) is 3.56. The van der Waals surface area contributed by atoms with Gasteiger partial charge in [0.2, 0.25) is 0 Å². The quantitative estimate of drug-likeness (QED) is 0.907. The maximum Gasteiger partial charge on any atom is 0.0951 e. The van der Waals surface area contributed by atoms with E-state index in [-0.39, 0.29) is 0 Å². The second kappa shape index (κ2) is 5.42. The van der Waals surface area contributed by atoms with Crippen molar-refractivity contribution in [1.82, 2.24) is 14.9 Å². The largest absolute Gasteiger partial charge is 0.330 e. The summed E-state index contributed by atoms with van der Waals surface area (Å²) in [5.41, 5.74) is 1.43. The molecule has 2 heterocycles. The molecular formula is C18H29N3. The third-order valence-corrected chi connectivity index (χ3v) is 6.52. The summed E-state index contributed by atoms with van der Waals surface area (Å²) >= 11 is 0. The van der Waals surface area contributed by atoms with Crippen LogP contribution in [-0.2, 0) is 0 Å². The van der Waals surface area contributed by atoms with Crippen LogP contribution in [0.4, 0.5) is 0 Å². The van der Waals surface area contributed by atoms with Gasteiger partial charge in [-0.05, 0) is 70.1 Å². The molecule has 1 aromatic rings. The van der Waals surface area contributed by atoms with Crippen LogP contribution in [0.25, 0.3) is 0 Å². The summed E-state index contributed by atoms with van der Waals surface area (Å²) in [7, 11) is 0. The minimum Gasteiger partial charge on any atom is -0.330 e. The standard InChI is InChI=1S/C18H29N3/c1-12-4-3-5-17(20-12)18-10-19-11-21(18)13(2)16-9-14-6-7-15(16)8-14/h10-17,20H,3-9H2,1-2H3. The predicted octanol–water partition coefficient (Wildman–Crippen LogP) is 4.08. The van der Waals surface area contributed by atoms with Crippen LogP contribution in [0.15, 0.2) is 12.5 Å². The fourth-order valence-electron chi connectivity index (χ4n) is 5.39. The molecule has 3 fully saturated rings. The second-order valence-electron chi connectivity index (χ2n) is 7.86. The fraction of sp³-hybridized carbons (Fsp3) is 0.833. The molecule has 2 saturated carbocycles. The summed E-state index contributed by atoms with van der Waals surface area (Å²) in [6.45, 7) is 4.75. The van der Waals surface area contributed by atoms with Gasteiger partial charge in [0.15, 0.2) is 0 Å². The zero-order valence-electron chi connectivity index (χ0n) is 13.5. The fourth-order valence-corrected chi connectivity index (χ4v) is 5.39. The Labute approximate surface area is 128 Å². The molecule has 21 heavy (non-hydrogen) atoms. The SMILES string of the molecule is CC1CCCC(c2cncn2C(C)C2CC3CCC2C3)N1. The molecule has 4 rings (SSSR count). The van der Waals surface area contributed by atoms with Gasteiger partial charge < -0.3 is 9.88 Å². The van der Waals surface area contributed by atoms with E-state index in [2.05, 4.69) is 41.2 Å². The Hall–Kier alpha value is -0.830. The summed E-state index contributed by atoms with van der Waals surface area (Å²) < 4.78 is 2.50. The maximum absolute atomic E-state index is 4.50. The molecule has 0 amide bonds. The highest BCUT2D eigenvalue weighted by molar-refractivity contribution is 5.09. The first kappa shape index (κ1) is 13.8. The molecule has 3 aliphatic rings. The summed E-state index contributed by atoms with van der Waals surface area (Å²) in [4.78, 5) is 4.50. The molecule has 2 bridgehead atoms. The highest BCUT2D eigenvalue weighted by atomic mass is 15.1. The van der Waals surface area contributed by atoms with E-state index in [4.69, 9.17) is 0 Å². The van der Waals surface area contributed by atoms with Crippen molar-refractivity contribution in [2.75, 3.05) is 0 Å². The number of fused-ring (bicyclic) bond motifs is 2. The smallest absolute Gasteiger partial charge is 0.0951 e. The van der Waals surface area contributed by atoms with Gasteiger partial charge in [0, 0.05) is 24.3 Å². The van der Waals surface area contributed by atoms with Gasteiger partial charge in [0.05, 0.1) is 12.0 Å². The van der Waals surface area contributed by atoms with Crippen molar-refractivity contribution in [1.29, 1.82) is 0 Å². The number of rotatable bonds is 3. The molecule has 2 aliphatic carbocycles. The summed E-state index contributed by atoms with van der Waals surface area (Å²) in [6.07, 6.45) is 14.0. The van der Waals surface area contributed by atoms with E-state index in [0.29, 0.717) is 18.1 Å². The molecule has 116 valence electrons. The predicted molar refractivity (Wildman–Crippen MR) is 85.1 cm³/mol. The van der Waals surface area contributed by atoms with E-state index in [9.17, 15) is 0 Å². The first-order valence-corrected chi connectivity index (χ1v) is 9.00. The minimum atomic E-state index is 0.511. The van der Waals surface area contributed by atoms with Crippen LogP contribution in [0.3, 0.4) is 0 Å². The number of imidazole rings is 1. The van der Waals surface area contributed by atoms with Crippen LogP contribution in [0, 0.1) is 17.8 Å². The summed E-state index contributed by atoms with van der Waals surface area (Å²) in [6, 6.07) is 1.78. The van der Waals surface area contributed by atoms with Crippen molar-refractivity contribution < 1.29 is 0 Å². The lowest BCUT2D eigenvalue weighted by Gasteiger charge is -2.34. The van der Waals surface area contributed by atoms with Gasteiger partial charge in [-0.3, -0.25) is 0 Å². The molecule has 3 heteroatoms. The van der Waals surface area contributed by atoms with E-state index in [1.807, 2.05) is 0 Å². The highest BCUT2D eigenvalue weighted by Gasteiger charge is 2.42. The minimum absolute atomic E-state index is 0.511. The Morgan fingerprint density at radius 2 is 2.14 bits per heavy atom. The van der Waals surface area contributed by atoms with E-state index in [1.54, 1.807) is 0 Å². The molecule has 0 radical (unpaired) electrons. The summed E-state index contributed by atoms with van der Waals surface area (Å²) in [5.74, 6) is 2.90. The molecule has 6 atom stereocenters. The van der Waals surface area contributed by atoms with Crippen LogP contribution in [-0.4, -0.2) is 15.6 Å². The van der Waals surface area contributed by atoms with Crippen molar-refractivity contribution >= 4 is 0 Å². The monoisotopic (exact) mass is 287 g/mol. The number of piperidine rings is 1. The Morgan fingerprint density at radius 3 is 2.86 bits per heavy atom. The van der Waals surface area contributed by atoms with Crippen molar-refractivity contribution in [3.05, 3.63) is 18.2 Å². The normalized spacial score (nSPS) is 40.6. The van der Waals surface area contributed by atoms with Crippen LogP contribution < -0.4 is 5.32 Å². The van der Waals surface area contributed by atoms with Gasteiger partial charge in [0.1, 0.15) is 0 Å². The van der Waals surface area contributed by atoms with Crippen molar-refractivity contribution in [3.8, 4) is 0 Å². The first-order valence-electron chi connectivity index (χ1n) is 9.00. The highest BCUT2D eigenvalue weighted by Crippen LogP contribution is 2.52. The zero-order valence-corrected chi connectivity index (χ0v) is 13.5. The van der Waals surface area contributed by atoms with E-state index >= 15 is 0 Å². The number of aromatic nitrogens is 2. The number of hydrogen-bond donors (Lipinski definition) is 1. The molecule has 1 saturated heterocycles. The van der Waals surface area contributed by atoms with Crippen LogP contribution >= 0.6 is 0 Å². The van der Waals surface area contributed by atoms with Crippen molar-refractivity contribution in [3.63, 3.8) is 0 Å². The second-order valence-corrected chi connectivity index (χ2v) is 7.86. The lowest BCUT2D eigenvalue weighted by Crippen LogP contribution is -2.36. The third-order valence-electron chi connectivity index (χ3n) is 6.52. The van der Waals surface area contributed by atoms with Gasteiger partial charge in [-0.1, -0.05) is 6.42 Å². The van der Waals surface area contributed by atoms with Crippen LogP contribution in [0.5, 0.6) is 0 Å². The van der Waals surface area contributed by atoms with E-state index in [0.717, 1.165) is 17.8 Å². The molecule has 1 aromatic heterocycles. The third kappa shape index (κ3) is 2.44. The average molecular weight is 287 g/mol. The van der Waals surface area contributed by atoms with Gasteiger partial charge in [-0.25, -0.2) is 4.98 Å². The molecule has 1 aliphatic heterocycles. The van der Waals surface area contributed by atoms with Crippen molar-refractivity contribution in [2.45, 2.75) is 76.9 Å². The number of hydrogen-bond acceptors (Lipinski definition) is 2. The Balaban J connectivity index is 1.54. The molecule has 0 spiro atoms. The topological polar surface area (TPSA) is 29.9 Å². The Bertz CT molecular complexity index is 494. The van der Waals surface area contributed by atoms with E-state index in [1.165, 1.54) is 50.6 Å². The molecule has 3 nitrogen and oxygen atoms in total. The van der Waals surface area contributed by atoms with Crippen LogP contribution in [0.2, 0.25) is 0 Å². The van der Waals surface area contributed by atoms with E-state index < -0.39 is 0 Å². The van der Waals surface area contributed by atoms with Gasteiger partial charge >= 0.3 is 0 Å².